The number of hydrogen-bond acceptors (Lipinski definition) is 6. The van der Waals surface area contributed by atoms with Crippen molar-refractivity contribution in [3.63, 3.8) is 0 Å². The fraction of sp³-hybridized carbons (Fsp3) is 0.464. The van der Waals surface area contributed by atoms with Gasteiger partial charge in [0, 0.05) is 17.0 Å². The molecule has 36 heavy (non-hydrogen) atoms. The standard InChI is InChI=1S/C23H21FN2O4.2C2H6.CH5N/c1-11-9-30-23(29)22(28)15(11)6-19-21-16(8-26(19)10-27)14-5-3-4-13-12(2)17(24)7-18(25-21)20(13)14;3*1-2/h6-7,10,22,28H,3-5,8-9H2,1-2H3;2*1-2H3;2H2,1H3/b19-6-;;;. The smallest absolute Gasteiger partial charge is 0.339 e. The molecule has 3 aliphatic rings. The number of carbonyl (C=O) groups excluding carboxylic acids is 2. The molecule has 5 rings (SSSR count). The summed E-state index contributed by atoms with van der Waals surface area (Å²) in [7, 11) is 1.50. The second kappa shape index (κ2) is 12.7. The Labute approximate surface area is 212 Å². The van der Waals surface area contributed by atoms with Crippen LogP contribution in [0.2, 0.25) is 0 Å². The van der Waals surface area contributed by atoms with Crippen molar-refractivity contribution in [2.75, 3.05) is 13.7 Å². The number of esters is 1. The molecule has 1 aromatic heterocycles. The van der Waals surface area contributed by atoms with E-state index in [1.54, 1.807) is 19.9 Å². The summed E-state index contributed by atoms with van der Waals surface area (Å²) in [6, 6.07) is 1.46. The summed E-state index contributed by atoms with van der Waals surface area (Å²) >= 11 is 0. The van der Waals surface area contributed by atoms with E-state index in [0.717, 1.165) is 47.7 Å². The Bertz CT molecular complexity index is 1200. The third-order valence-corrected chi connectivity index (χ3v) is 6.41. The van der Waals surface area contributed by atoms with Crippen LogP contribution in [0.3, 0.4) is 0 Å². The zero-order chi connectivity index (χ0) is 27.2. The molecule has 196 valence electrons. The molecule has 3 heterocycles. The third-order valence-electron chi connectivity index (χ3n) is 6.41. The molecule has 0 radical (unpaired) electrons. The highest BCUT2D eigenvalue weighted by atomic mass is 19.1. The van der Waals surface area contributed by atoms with Gasteiger partial charge in [-0.25, -0.2) is 14.2 Å². The number of ether oxygens (including phenoxy) is 1. The number of aliphatic hydroxyl groups is 1. The van der Waals surface area contributed by atoms with Crippen LogP contribution in [0.25, 0.3) is 16.6 Å². The number of benzene rings is 1. The van der Waals surface area contributed by atoms with E-state index in [1.165, 1.54) is 18.0 Å². The lowest BCUT2D eigenvalue weighted by Crippen LogP contribution is -2.31. The van der Waals surface area contributed by atoms with E-state index < -0.39 is 12.1 Å². The molecule has 1 aliphatic carbocycles. The van der Waals surface area contributed by atoms with Gasteiger partial charge in [0.15, 0.2) is 6.10 Å². The van der Waals surface area contributed by atoms with Gasteiger partial charge in [0.2, 0.25) is 6.41 Å². The summed E-state index contributed by atoms with van der Waals surface area (Å²) in [6.45, 7) is 12.0. The van der Waals surface area contributed by atoms with Gasteiger partial charge >= 0.3 is 5.97 Å². The second-order valence-corrected chi connectivity index (χ2v) is 8.14. The minimum absolute atomic E-state index is 0.0905. The van der Waals surface area contributed by atoms with Gasteiger partial charge in [-0.05, 0) is 74.1 Å². The van der Waals surface area contributed by atoms with Crippen LogP contribution in [0.5, 0.6) is 0 Å². The summed E-state index contributed by atoms with van der Waals surface area (Å²) in [5.74, 6) is -0.996. The minimum atomic E-state index is -1.41. The Balaban J connectivity index is 0.000000710. The molecule has 8 heteroatoms. The van der Waals surface area contributed by atoms with Crippen molar-refractivity contribution < 1.29 is 23.8 Å². The number of fused-ring (bicyclic) bond motifs is 2. The molecule has 0 spiro atoms. The van der Waals surface area contributed by atoms with Crippen LogP contribution in [0.4, 0.5) is 4.39 Å². The maximum atomic E-state index is 14.5. The number of pyridine rings is 1. The first kappa shape index (κ1) is 29.1. The van der Waals surface area contributed by atoms with Crippen molar-refractivity contribution in [3.05, 3.63) is 57.1 Å². The van der Waals surface area contributed by atoms with E-state index in [4.69, 9.17) is 9.72 Å². The molecule has 0 bridgehead atoms. The topological polar surface area (TPSA) is 106 Å². The van der Waals surface area contributed by atoms with Crippen molar-refractivity contribution in [1.82, 2.24) is 9.88 Å². The molecule has 0 saturated heterocycles. The van der Waals surface area contributed by atoms with Gasteiger partial charge in [-0.3, -0.25) is 4.79 Å². The molecule has 0 saturated carbocycles. The Hall–Kier alpha value is -3.10. The maximum absolute atomic E-state index is 14.5. The fourth-order valence-electron chi connectivity index (χ4n) is 4.79. The first-order valence-corrected chi connectivity index (χ1v) is 12.6. The summed E-state index contributed by atoms with van der Waals surface area (Å²) in [4.78, 5) is 30.0. The Morgan fingerprint density at radius 2 is 1.78 bits per heavy atom. The number of hydrogen-bond donors (Lipinski definition) is 2. The number of aliphatic hydroxyl groups excluding tert-OH is 1. The first-order chi connectivity index (χ1) is 17.4. The maximum Gasteiger partial charge on any atom is 0.339 e. The minimum Gasteiger partial charge on any atom is -0.459 e. The van der Waals surface area contributed by atoms with Crippen LogP contribution in [-0.2, 0) is 33.7 Å². The lowest BCUT2D eigenvalue weighted by Gasteiger charge is -2.22. The highest BCUT2D eigenvalue weighted by Crippen LogP contribution is 2.42. The summed E-state index contributed by atoms with van der Waals surface area (Å²) in [5, 5.41) is 11.3. The molecular weight excluding hydrogens is 461 g/mol. The number of aryl methyl sites for hydroxylation is 2. The molecule has 2 aliphatic heterocycles. The van der Waals surface area contributed by atoms with Gasteiger partial charge in [0.1, 0.15) is 12.4 Å². The molecule has 1 unspecified atom stereocenters. The van der Waals surface area contributed by atoms with E-state index in [0.29, 0.717) is 40.2 Å². The average molecular weight is 500 g/mol. The zero-order valence-corrected chi connectivity index (χ0v) is 22.4. The second-order valence-electron chi connectivity index (χ2n) is 8.14. The van der Waals surface area contributed by atoms with Crippen LogP contribution < -0.4 is 5.73 Å². The van der Waals surface area contributed by atoms with E-state index in [1.807, 2.05) is 27.7 Å². The summed E-state index contributed by atoms with van der Waals surface area (Å²) < 4.78 is 19.5. The number of rotatable bonds is 2. The largest absolute Gasteiger partial charge is 0.459 e. The summed E-state index contributed by atoms with van der Waals surface area (Å²) in [6.07, 6.45) is 3.53. The number of carbonyl (C=O) groups is 2. The molecule has 1 aromatic carbocycles. The van der Waals surface area contributed by atoms with Crippen LogP contribution >= 0.6 is 0 Å². The van der Waals surface area contributed by atoms with Gasteiger partial charge in [0.05, 0.1) is 23.5 Å². The molecule has 1 amide bonds. The predicted molar refractivity (Wildman–Crippen MR) is 141 cm³/mol. The lowest BCUT2D eigenvalue weighted by molar-refractivity contribution is -0.151. The van der Waals surface area contributed by atoms with Crippen molar-refractivity contribution in [2.24, 2.45) is 5.73 Å². The van der Waals surface area contributed by atoms with Gasteiger partial charge in [-0.1, -0.05) is 27.7 Å². The summed E-state index contributed by atoms with van der Waals surface area (Å²) in [5.41, 5.74) is 11.0. The fourth-order valence-corrected chi connectivity index (χ4v) is 4.79. The van der Waals surface area contributed by atoms with E-state index in [2.05, 4.69) is 5.73 Å². The van der Waals surface area contributed by atoms with Gasteiger partial charge in [-0.15, -0.1) is 0 Å². The lowest BCUT2D eigenvalue weighted by atomic mass is 9.85. The monoisotopic (exact) mass is 499 g/mol. The van der Waals surface area contributed by atoms with Gasteiger partial charge in [0.25, 0.3) is 0 Å². The van der Waals surface area contributed by atoms with Crippen molar-refractivity contribution in [2.45, 2.75) is 73.5 Å². The van der Waals surface area contributed by atoms with Gasteiger partial charge in [-0.2, -0.15) is 0 Å². The number of halogens is 1. The number of cyclic esters (lactones) is 1. The Morgan fingerprint density at radius 1 is 1.14 bits per heavy atom. The molecule has 3 N–H and O–H groups in total. The Morgan fingerprint density at radius 3 is 2.42 bits per heavy atom. The molecule has 1 atom stereocenters. The van der Waals surface area contributed by atoms with E-state index in [9.17, 15) is 19.1 Å². The van der Waals surface area contributed by atoms with Crippen LogP contribution in [0, 0.1) is 12.7 Å². The zero-order valence-electron chi connectivity index (χ0n) is 22.4. The highest BCUT2D eigenvalue weighted by molar-refractivity contribution is 5.93. The first-order valence-electron chi connectivity index (χ1n) is 12.6. The normalized spacial score (nSPS) is 18.8. The number of nitrogens with zero attached hydrogens (tertiary/aromatic N) is 2. The van der Waals surface area contributed by atoms with Crippen LogP contribution in [0.15, 0.2) is 23.3 Å². The number of aromatic nitrogens is 1. The van der Waals surface area contributed by atoms with Gasteiger partial charge < -0.3 is 20.5 Å². The molecule has 2 aromatic rings. The van der Waals surface area contributed by atoms with E-state index in [-0.39, 0.29) is 12.4 Å². The van der Waals surface area contributed by atoms with Crippen molar-refractivity contribution >= 4 is 29.0 Å². The Kier molecular flexibility index (Phi) is 10.3. The van der Waals surface area contributed by atoms with E-state index >= 15 is 0 Å². The molecule has 0 fully saturated rings. The predicted octanol–water partition coefficient (Wildman–Crippen LogP) is 4.35. The van der Waals surface area contributed by atoms with Crippen LogP contribution in [0.1, 0.15) is 69.0 Å². The highest BCUT2D eigenvalue weighted by Gasteiger charge is 2.34. The molecular formula is C28H38FN3O4. The number of nitrogens with two attached hydrogens (primary N) is 1. The van der Waals surface area contributed by atoms with Crippen molar-refractivity contribution in [3.8, 4) is 0 Å². The van der Waals surface area contributed by atoms with Crippen molar-refractivity contribution in [1.29, 1.82) is 0 Å². The molecule has 7 nitrogen and oxygen atoms in total. The number of amides is 1. The third kappa shape index (κ3) is 5.06. The van der Waals surface area contributed by atoms with Crippen LogP contribution in [-0.4, -0.2) is 47.1 Å². The quantitative estimate of drug-likeness (QED) is 0.470. The average Bonchev–Trinajstić information content (AvgIpc) is 3.28. The SMILES string of the molecule is CC.CC.CC1=C(/C=C2/c3nc4cc(F)c(C)c5c4c(c3CN2C=O)CCC5)C(O)C(=O)OC1.CN.